The molecule has 3 amide bonds. The molecule has 5 saturated heterocycles. The summed E-state index contributed by atoms with van der Waals surface area (Å²) in [4.78, 5) is 53.6. The van der Waals surface area contributed by atoms with Crippen LogP contribution in [0.4, 0.5) is 125 Å². The van der Waals surface area contributed by atoms with Gasteiger partial charge in [0.05, 0.1) is 83.4 Å². The number of epoxide rings is 1. The SMILES string of the molecule is C1CCOC1.CC(O)CNc1cc(Br)cc(C(F)(F)F)c1.CC1CN(c2cc(Br)cc(C(F)(F)F)c2)C(=O)O1.CC1CN(c2cc(N)cc(C(F)(F)F)c2)C(=O)O1.CC1CN(c2cc(N=C(c3ccccc3)c3ccccc3)cc(C(F)(F)F)c2)C(=O)O1.CC1CO1.N=C(c1ccccc1)c1ccccc1.Nc1cc(Br)cc(C(F)(F)F)c1.O=C(OC(Cl)(Cl)Cl)OC(Cl)(Cl)Cl. The van der Waals surface area contributed by atoms with Gasteiger partial charge in [-0.25, -0.2) is 24.2 Å². The fraction of sp³-hybridized carbons (Fsp3) is 0.302. The number of carbonyl (C=O) groups excluding carboxylic acids is 4. The number of cyclic esters (lactones) is 3. The summed E-state index contributed by atoms with van der Waals surface area (Å²) in [6.45, 7) is 12.5. The van der Waals surface area contributed by atoms with E-state index >= 15 is 0 Å². The molecule has 130 heavy (non-hydrogen) atoms. The smallest absolute Gasteiger partial charge is 0.444 e. The molecule has 0 aliphatic carbocycles. The number of alkyl halides is 21. The van der Waals surface area contributed by atoms with Gasteiger partial charge >= 0.3 is 63.3 Å². The number of hydrogen-bond donors (Lipinski definition) is 5. The van der Waals surface area contributed by atoms with E-state index in [1.165, 1.54) is 53.0 Å². The average molecular weight is 2160 g/mol. The molecule has 5 heterocycles. The molecule has 0 bridgehead atoms. The number of aliphatic hydroxyl groups is 1. The Morgan fingerprint density at radius 1 is 0.469 bits per heavy atom. The summed E-state index contributed by atoms with van der Waals surface area (Å²) in [5, 5.41) is 19.7. The van der Waals surface area contributed by atoms with Crippen molar-refractivity contribution in [3.8, 4) is 0 Å². The monoisotopic (exact) mass is 2150 g/mol. The van der Waals surface area contributed by atoms with Crippen LogP contribution in [0.1, 0.15) is 97.5 Å². The predicted molar refractivity (Wildman–Crippen MR) is 480 cm³/mol. The molecule has 5 unspecified atom stereocenters. The molecule has 0 spiro atoms. The van der Waals surface area contributed by atoms with E-state index in [1.54, 1.807) is 27.7 Å². The van der Waals surface area contributed by atoms with Gasteiger partial charge in [-0.05, 0) is 219 Å². The minimum Gasteiger partial charge on any atom is -0.444 e. The van der Waals surface area contributed by atoms with Crippen molar-refractivity contribution in [2.75, 3.05) is 77.5 Å². The molecule has 5 atom stereocenters. The Balaban J connectivity index is 0.000000235. The first-order valence-corrected chi connectivity index (χ1v) is 42.6. The Kier molecular flexibility index (Phi) is 41.7. The van der Waals surface area contributed by atoms with E-state index in [-0.39, 0.29) is 77.0 Å². The zero-order valence-electron chi connectivity index (χ0n) is 68.4. The highest BCUT2D eigenvalue weighted by molar-refractivity contribution is 9.11. The third kappa shape index (κ3) is 39.7. The summed E-state index contributed by atoms with van der Waals surface area (Å²) in [6.07, 6.45) is -24.2. The lowest BCUT2D eigenvalue weighted by molar-refractivity contribution is -0.138. The molecule has 0 saturated carbocycles. The number of nitrogen functional groups attached to an aromatic ring is 2. The van der Waals surface area contributed by atoms with Crippen molar-refractivity contribution in [1.82, 2.24) is 0 Å². The van der Waals surface area contributed by atoms with Crippen LogP contribution >= 0.6 is 117 Å². The van der Waals surface area contributed by atoms with E-state index in [0.29, 0.717) is 32.2 Å². The number of nitrogens with zero attached hydrogens (tertiary/aromatic N) is 4. The first-order valence-electron chi connectivity index (χ1n) is 38.0. The average Bonchev–Trinajstić information content (AvgIpc) is 1.51. The van der Waals surface area contributed by atoms with E-state index < -0.39 is 103 Å². The van der Waals surface area contributed by atoms with E-state index in [1.807, 2.05) is 121 Å². The van der Waals surface area contributed by atoms with Gasteiger partial charge in [0.1, 0.15) is 18.3 Å². The van der Waals surface area contributed by atoms with Crippen LogP contribution in [-0.4, -0.2) is 125 Å². The Morgan fingerprint density at radius 2 is 0.777 bits per heavy atom. The lowest BCUT2D eigenvalue weighted by atomic mass is 10.0. The Labute approximate surface area is 791 Å². The number of hydrogen-bond acceptors (Lipinski definition) is 17. The number of benzene rings is 9. The van der Waals surface area contributed by atoms with E-state index in [9.17, 15) is 85.0 Å². The van der Waals surface area contributed by atoms with Crippen LogP contribution in [0.15, 0.2) is 231 Å². The van der Waals surface area contributed by atoms with Gasteiger partial charge in [-0.1, -0.05) is 169 Å². The second-order valence-electron chi connectivity index (χ2n) is 28.0. The highest BCUT2D eigenvalue weighted by atomic mass is 79.9. The standard InChI is InChI=1S/C24H19F3N2O2.C13H11N.C11H9BrF3NO2.C11H11F3N2O2.C10H11BrF3NO.C7H5BrF3N.C4H8O.C3Cl6O3.C3H6O/c1-16-15-29(23(30)31-16)21-13-19(24(25,26)27)12-20(14-21)28-22(17-8-4-2-5-9-17)18-10-6-3-7-11-18;14-13(11-7-3-1-4-8-11)12-9-5-2-6-10-12;1-6-5-16(10(17)18-6)9-3-7(11(13,14)15)2-8(12)4-9;1-6-5-16(10(17)18-6)9-3-7(11(12,13)14)2-8(15)4-9;1-6(16)5-15-9-3-7(10(12,13)14)2-8(11)4-9;8-5-1-4(7(9,10)11)2-6(12)3-5;1-2-4-5-3-1;4-2(5,6)11-1(10)12-3(7,8)9;1-3-2-4-3/h2-14,16H,15H2,1H3;1-10,14H;2-4,6H,5H2,1H3;2-4,6H,5,15H2,1H3;2-4,6,15-16H,5H2,1H3;1-3H,12H2;1-4H2;;3H,2H2,1H3. The van der Waals surface area contributed by atoms with Gasteiger partial charge in [0, 0.05) is 78.4 Å². The Hall–Kier alpha value is -9.19. The molecule has 0 radical (unpaired) electrons. The predicted octanol–water partition coefficient (Wildman–Crippen LogP) is 27.1. The van der Waals surface area contributed by atoms with Gasteiger partial charge < -0.3 is 55.0 Å². The number of carbonyl (C=O) groups is 4. The topological polar surface area (TPSA) is 266 Å². The number of ether oxygens (including phenoxy) is 7. The van der Waals surface area contributed by atoms with E-state index in [4.69, 9.17) is 115 Å². The number of amides is 3. The highest BCUT2D eigenvalue weighted by Crippen LogP contribution is 2.42. The number of aliphatic hydroxyl groups excluding tert-OH is 1. The van der Waals surface area contributed by atoms with Gasteiger partial charge in [0.25, 0.3) is 0 Å². The number of aliphatic imine (C=N–C) groups is 1. The first kappa shape index (κ1) is 110. The van der Waals surface area contributed by atoms with Crippen LogP contribution in [0, 0.1) is 5.41 Å². The van der Waals surface area contributed by atoms with Crippen molar-refractivity contribution < 1.29 is 123 Å². The Bertz CT molecular complexity index is 5010. The van der Waals surface area contributed by atoms with Crippen molar-refractivity contribution in [3.63, 3.8) is 0 Å². The van der Waals surface area contributed by atoms with Gasteiger partial charge in [0.15, 0.2) is 0 Å². The van der Waals surface area contributed by atoms with Gasteiger partial charge in [-0.3, -0.25) is 20.1 Å². The van der Waals surface area contributed by atoms with E-state index in [2.05, 4.69) is 74.5 Å². The molecule has 9 aromatic rings. The summed E-state index contributed by atoms with van der Waals surface area (Å²) in [5.74, 6) is 0. The largest absolute Gasteiger partial charge is 0.515 e. The summed E-state index contributed by atoms with van der Waals surface area (Å²) < 4.78 is 219. The van der Waals surface area contributed by atoms with Crippen LogP contribution < -0.4 is 31.5 Å². The fourth-order valence-electron chi connectivity index (χ4n) is 11.0. The van der Waals surface area contributed by atoms with Crippen molar-refractivity contribution in [2.24, 2.45) is 4.99 Å². The molecular weight excluding hydrogens is 2070 g/mol. The number of nitrogens with one attached hydrogen (secondary N) is 2. The molecule has 5 fully saturated rings. The normalized spacial score (nSPS) is 16.5. The van der Waals surface area contributed by atoms with Gasteiger partial charge in [-0.2, -0.15) is 65.9 Å². The number of anilines is 6. The van der Waals surface area contributed by atoms with Crippen LogP contribution in [-0.2, 0) is 64.0 Å². The number of halogens is 24. The molecule has 0 aromatic heterocycles. The summed E-state index contributed by atoms with van der Waals surface area (Å²) >= 11 is 39.2. The molecule has 20 nitrogen and oxygen atoms in total. The molecular formula is C86H80Br3Cl6F15N8O12. The molecule has 44 heteroatoms. The second-order valence-corrected chi connectivity index (χ2v) is 35.1. The summed E-state index contributed by atoms with van der Waals surface area (Å²) in [5.41, 5.74) is 12.0. The van der Waals surface area contributed by atoms with Crippen LogP contribution in [0.3, 0.4) is 0 Å². The third-order valence-corrected chi connectivity index (χ3v) is 18.6. The Morgan fingerprint density at radius 3 is 1.09 bits per heavy atom. The van der Waals surface area contributed by atoms with Crippen molar-refractivity contribution >= 4 is 193 Å². The molecule has 7 N–H and O–H groups in total. The summed E-state index contributed by atoms with van der Waals surface area (Å²) in [6, 6.07) is 54.6. The van der Waals surface area contributed by atoms with Crippen molar-refractivity contribution in [2.45, 2.75) is 117 Å². The van der Waals surface area contributed by atoms with Gasteiger partial charge in [-0.15, -0.1) is 0 Å². The fourth-order valence-corrected chi connectivity index (χ4v) is 12.8. The van der Waals surface area contributed by atoms with E-state index in [0.717, 1.165) is 108 Å². The van der Waals surface area contributed by atoms with Crippen LogP contribution in [0.25, 0.3) is 0 Å². The maximum atomic E-state index is 13.6. The highest BCUT2D eigenvalue weighted by Gasteiger charge is 2.40. The third-order valence-electron chi connectivity index (χ3n) is 16.8. The first-order chi connectivity index (χ1) is 60.4. The second kappa shape index (κ2) is 49.5. The quantitative estimate of drug-likeness (QED) is 0.0153. The van der Waals surface area contributed by atoms with Crippen LogP contribution in [0.2, 0.25) is 0 Å². The number of rotatable bonds is 11. The van der Waals surface area contributed by atoms with Crippen LogP contribution in [0.5, 0.6) is 0 Å². The van der Waals surface area contributed by atoms with Gasteiger partial charge in [0.2, 0.25) is 0 Å². The minimum atomic E-state index is -4.59. The maximum absolute atomic E-state index is 13.6. The molecule has 5 aliphatic rings. The zero-order valence-corrected chi connectivity index (χ0v) is 77.7. The summed E-state index contributed by atoms with van der Waals surface area (Å²) in [7, 11) is 0. The molecule has 704 valence electrons. The van der Waals surface area contributed by atoms with Crippen molar-refractivity contribution in [1.29, 1.82) is 5.41 Å². The molecule has 14 rings (SSSR count). The number of nitrogens with two attached hydrogens (primary N) is 2. The minimum absolute atomic E-state index is 0.0489. The lowest BCUT2D eigenvalue weighted by Crippen LogP contribution is -2.24. The van der Waals surface area contributed by atoms with Crippen molar-refractivity contribution in [3.05, 3.63) is 276 Å². The maximum Gasteiger partial charge on any atom is 0.515 e. The lowest BCUT2D eigenvalue weighted by Gasteiger charge is -2.17. The zero-order chi connectivity index (χ0) is 97.0. The molecule has 9 aromatic carbocycles. The molecule has 5 aliphatic heterocycles.